The van der Waals surface area contributed by atoms with Gasteiger partial charge >= 0.3 is 47.8 Å². The molecule has 0 spiro atoms. The van der Waals surface area contributed by atoms with Crippen molar-refractivity contribution in [1.82, 2.24) is 40.9 Å². The van der Waals surface area contributed by atoms with Gasteiger partial charge in [-0.1, -0.05) is 121 Å². The van der Waals surface area contributed by atoms with Crippen molar-refractivity contribution < 1.29 is 141 Å². The van der Waals surface area contributed by atoms with Gasteiger partial charge in [-0.15, -0.1) is 40.5 Å². The van der Waals surface area contributed by atoms with Crippen molar-refractivity contribution in [1.29, 1.82) is 0 Å². The second-order valence-corrected chi connectivity index (χ2v) is 31.6. The number of nitrogens with zero attached hydrogens (tertiary/aromatic N) is 8. The molecule has 4 aromatic carbocycles. The van der Waals surface area contributed by atoms with E-state index in [2.05, 4.69) is 40.6 Å². The number of rotatable bonds is 57. The molecule has 4 amide bonds. The standard InChI is InChI=1S/C23H33N3O8.C22H31N3O9.C22H31N3O8.C21H29N3O8/c1-17(21(27)25-14-8-11-20(25)22(28)29)24-19(13-12-18-9-4-2-5-10-18)23(30)33-15-6-3-7-16-34-26(31)32;1-16(20(26)24-11-5-8-19(24)21(27)28)23-18(10-9-17-6-3-2-4-7-17)22(29)33-14-12-32-13-15-34-25(30)31;1-16(20(26)24-13-7-10-19(24)21(27)28)23-18(12-11-17-8-3-2-4-9-17)22(29)32-14-5-6-15-33-25(30)31;1-15(19(25)23-12-5-9-18(23)20(26)27)22-17(11-10-16-7-3-2-4-8-16)21(28)31-13-6-14-32-24(29)30/h2,4-5,9-10,17,19-20,24H,3,6-8,11-16H2,1H3,(H,28,29);2-4,6-7,16,18-19,23H,5,8-15H2,1H3,(H,27,28);2-4,8-9,16,18-19,23H,5-7,10-15H2,1H3,(H,27,28);2-4,7-8,15,17-18,22H,5-6,9-14H2,1H3,(H,26,27). The first-order valence-corrected chi connectivity index (χ1v) is 44.3. The van der Waals surface area contributed by atoms with Crippen LogP contribution >= 0.6 is 0 Å². The van der Waals surface area contributed by atoms with Crippen molar-refractivity contribution in [3.05, 3.63) is 184 Å². The summed E-state index contributed by atoms with van der Waals surface area (Å²) in [5.74, 6) is -7.80. The molecule has 45 heteroatoms. The van der Waals surface area contributed by atoms with Crippen LogP contribution in [0.25, 0.3) is 0 Å². The van der Waals surface area contributed by atoms with Crippen LogP contribution in [0.4, 0.5) is 0 Å². The molecule has 8 N–H and O–H groups in total. The third-order valence-corrected chi connectivity index (χ3v) is 21.8. The van der Waals surface area contributed by atoms with Crippen molar-refractivity contribution in [2.45, 2.75) is 241 Å². The fourth-order valence-corrected chi connectivity index (χ4v) is 15.0. The number of carboxylic acid groups (broad SMARTS) is 4. The minimum Gasteiger partial charge on any atom is -0.480 e. The van der Waals surface area contributed by atoms with E-state index < -0.39 is 141 Å². The van der Waals surface area contributed by atoms with Gasteiger partial charge in [0.25, 0.3) is 20.3 Å². The molecule has 0 radical (unpaired) electrons. The number of ether oxygens (including phenoxy) is 5. The molecule has 4 heterocycles. The first-order valence-electron chi connectivity index (χ1n) is 44.3. The molecule has 4 aromatic rings. The molecule has 734 valence electrons. The fourth-order valence-electron chi connectivity index (χ4n) is 15.0. The van der Waals surface area contributed by atoms with Gasteiger partial charge in [0.2, 0.25) is 23.6 Å². The molecule has 133 heavy (non-hydrogen) atoms. The Kier molecular flexibility index (Phi) is 51.3. The number of nitrogens with one attached hydrogen (secondary N) is 4. The zero-order chi connectivity index (χ0) is 97.6. The van der Waals surface area contributed by atoms with Crippen LogP contribution in [0, 0.1) is 40.5 Å². The van der Waals surface area contributed by atoms with E-state index in [1.807, 2.05) is 121 Å². The summed E-state index contributed by atoms with van der Waals surface area (Å²) in [5.41, 5.74) is 4.09. The largest absolute Gasteiger partial charge is 0.480 e. The van der Waals surface area contributed by atoms with Gasteiger partial charge < -0.3 is 83.1 Å². The Labute approximate surface area is 768 Å². The predicted molar refractivity (Wildman–Crippen MR) is 468 cm³/mol. The molecule has 4 aliphatic heterocycles. The Morgan fingerprint density at radius 1 is 0.316 bits per heavy atom. The minimum absolute atomic E-state index is 0.00430. The van der Waals surface area contributed by atoms with Crippen molar-refractivity contribution in [3.8, 4) is 0 Å². The summed E-state index contributed by atoms with van der Waals surface area (Å²) in [6.45, 7) is 7.46. The van der Waals surface area contributed by atoms with Crippen LogP contribution < -0.4 is 21.3 Å². The van der Waals surface area contributed by atoms with E-state index in [0.717, 1.165) is 22.3 Å². The van der Waals surface area contributed by atoms with Crippen molar-refractivity contribution in [3.63, 3.8) is 0 Å². The fraction of sp³-hybridized carbons (Fsp3) is 0.591. The van der Waals surface area contributed by atoms with Gasteiger partial charge in [0.05, 0.1) is 77.0 Å². The highest BCUT2D eigenvalue weighted by atomic mass is 17.0. The number of amides is 4. The van der Waals surface area contributed by atoms with E-state index >= 15 is 0 Å². The van der Waals surface area contributed by atoms with Crippen LogP contribution in [0.1, 0.15) is 166 Å². The molecule has 4 fully saturated rings. The predicted octanol–water partition coefficient (Wildman–Crippen LogP) is 5.53. The SMILES string of the molecule is CC(NC(CCc1ccccc1)C(=O)OCCCCCO[N+](=O)[O-])C(=O)N1CCCC1C(=O)O.CC(NC(CCc1ccccc1)C(=O)OCCCCO[N+](=O)[O-])C(=O)N1CCCC1C(=O)O.CC(NC(CCc1ccccc1)C(=O)OCCCO[N+](=O)[O-])C(=O)N1CCCC1C(=O)O.CC(NC(CCc1ccccc1)C(=O)OCCOCCO[N+](=O)[O-])C(=O)N1CCCC1C(=O)O. The molecule has 12 atom stereocenters. The lowest BCUT2D eigenvalue weighted by atomic mass is 10.0. The number of hydrogen-bond donors (Lipinski definition) is 8. The Morgan fingerprint density at radius 3 is 0.797 bits per heavy atom. The molecule has 0 saturated carbocycles. The number of carbonyl (C=O) groups excluding carboxylic acids is 8. The topological polar surface area (TPSA) is 602 Å². The number of carbonyl (C=O) groups is 12. The third kappa shape index (κ3) is 42.5. The minimum atomic E-state index is -1.04. The summed E-state index contributed by atoms with van der Waals surface area (Å²) in [6.07, 6.45) is 10.4. The monoisotopic (exact) mass is 1880 g/mol. The highest BCUT2D eigenvalue weighted by molar-refractivity contribution is 5.91. The van der Waals surface area contributed by atoms with E-state index in [9.17, 15) is 118 Å². The summed E-state index contributed by atoms with van der Waals surface area (Å²) < 4.78 is 26.3. The normalized spacial score (nSPS) is 17.2. The van der Waals surface area contributed by atoms with E-state index in [1.165, 1.54) is 19.6 Å². The molecule has 12 unspecified atom stereocenters. The molecule has 0 bridgehead atoms. The van der Waals surface area contributed by atoms with E-state index in [-0.39, 0.29) is 96.1 Å². The highest BCUT2D eigenvalue weighted by Gasteiger charge is 2.42. The summed E-state index contributed by atoms with van der Waals surface area (Å²) >= 11 is 0. The van der Waals surface area contributed by atoms with Crippen LogP contribution in [0.15, 0.2) is 121 Å². The van der Waals surface area contributed by atoms with Crippen LogP contribution in [-0.2, 0) is 126 Å². The molecule has 4 saturated heterocycles. The second kappa shape index (κ2) is 61.7. The zero-order valence-corrected chi connectivity index (χ0v) is 75.1. The average Bonchev–Trinajstić information content (AvgIpc) is 1.73. The lowest BCUT2D eigenvalue weighted by molar-refractivity contribution is -0.758. The highest BCUT2D eigenvalue weighted by Crippen LogP contribution is 2.25. The van der Waals surface area contributed by atoms with Crippen LogP contribution in [0.3, 0.4) is 0 Å². The van der Waals surface area contributed by atoms with E-state index in [1.54, 1.807) is 27.7 Å². The van der Waals surface area contributed by atoms with Gasteiger partial charge in [-0.25, -0.2) is 19.2 Å². The molecule has 0 aliphatic carbocycles. The number of esters is 4. The van der Waals surface area contributed by atoms with Crippen LogP contribution in [0.5, 0.6) is 0 Å². The Balaban J connectivity index is 0.000000314. The summed E-state index contributed by atoms with van der Waals surface area (Å²) in [6, 6.07) is 28.6. The van der Waals surface area contributed by atoms with Gasteiger partial charge in [-0.05, 0) is 185 Å². The molecule has 0 aromatic heterocycles. The Bertz CT molecular complexity index is 4170. The van der Waals surface area contributed by atoms with Gasteiger partial charge in [-0.3, -0.25) is 59.6 Å². The zero-order valence-electron chi connectivity index (χ0n) is 75.1. The van der Waals surface area contributed by atoms with E-state index in [0.29, 0.717) is 161 Å². The summed E-state index contributed by atoms with van der Waals surface area (Å²) in [7, 11) is 0. The Morgan fingerprint density at radius 2 is 0.534 bits per heavy atom. The molecule has 8 rings (SSSR count). The Hall–Kier alpha value is -12.9. The van der Waals surface area contributed by atoms with Crippen molar-refractivity contribution in [2.24, 2.45) is 0 Å². The van der Waals surface area contributed by atoms with Gasteiger partial charge in [0.15, 0.2) is 0 Å². The van der Waals surface area contributed by atoms with Gasteiger partial charge in [0.1, 0.15) is 61.5 Å². The maximum atomic E-state index is 12.9. The average molecular weight is 1880 g/mol. The third-order valence-electron chi connectivity index (χ3n) is 21.8. The second-order valence-electron chi connectivity index (χ2n) is 31.6. The van der Waals surface area contributed by atoms with Crippen molar-refractivity contribution in [2.75, 3.05) is 92.2 Å². The molecular formula is C88H124N12O33. The lowest BCUT2D eigenvalue weighted by Gasteiger charge is -2.28. The molecule has 4 aliphatic rings. The quantitative estimate of drug-likeness (QED) is 0.00885. The maximum absolute atomic E-state index is 12.9. The van der Waals surface area contributed by atoms with Crippen LogP contribution in [0.2, 0.25) is 0 Å². The molecular weight excluding hydrogens is 1750 g/mol. The summed E-state index contributed by atoms with van der Waals surface area (Å²) in [4.78, 5) is 211. The first kappa shape index (κ1) is 111. The number of carboxylic acids is 4. The maximum Gasteiger partial charge on any atom is 0.326 e. The van der Waals surface area contributed by atoms with Gasteiger partial charge in [0, 0.05) is 32.6 Å². The number of likely N-dealkylation sites (tertiary alicyclic amines) is 4. The van der Waals surface area contributed by atoms with Crippen LogP contribution in [-0.4, -0.2) is 297 Å². The molecule has 45 nitrogen and oxygen atoms in total. The number of aryl methyl sites for hydroxylation is 4. The van der Waals surface area contributed by atoms with E-state index in [4.69, 9.17) is 23.7 Å². The first-order chi connectivity index (χ1) is 63.7. The number of unbranched alkanes of at least 4 members (excludes halogenated alkanes) is 3. The number of benzene rings is 4. The lowest BCUT2D eigenvalue weighted by Crippen LogP contribution is -2.53. The number of aliphatic carboxylic acids is 4. The van der Waals surface area contributed by atoms with Crippen molar-refractivity contribution >= 4 is 71.4 Å². The number of hydrogen-bond acceptors (Lipinski definition) is 33. The van der Waals surface area contributed by atoms with Gasteiger partial charge in [-0.2, -0.15) is 0 Å². The smallest absolute Gasteiger partial charge is 0.326 e. The summed E-state index contributed by atoms with van der Waals surface area (Å²) in [5, 5.41) is 86.5.